The molecule has 3 N–H and O–H groups in total. The topological polar surface area (TPSA) is 47.4 Å². The van der Waals surface area contributed by atoms with Gasteiger partial charge >= 0.3 is 0 Å². The molecule has 0 aliphatic carbocycles. The average Bonchev–Trinajstić information content (AvgIpc) is 3.28. The number of aromatic amines is 3. The molecule has 22 heavy (non-hydrogen) atoms. The van der Waals surface area contributed by atoms with Crippen LogP contribution < -0.4 is 0 Å². The van der Waals surface area contributed by atoms with Gasteiger partial charge in [0.15, 0.2) is 0 Å². The minimum Gasteiger partial charge on any atom is -0.367 e. The van der Waals surface area contributed by atoms with E-state index in [1.165, 1.54) is 29.7 Å². The highest BCUT2D eigenvalue weighted by atomic mass is 14.7. The first-order chi connectivity index (χ1) is 10.9. The largest absolute Gasteiger partial charge is 0.367 e. The van der Waals surface area contributed by atoms with Gasteiger partial charge in [-0.25, -0.2) is 0 Å². The SMILES string of the molecule is [CH](Cc1cc[nH]c1)C(CCCc1cc[nH]c1)Cc1ccc[nH]1. The van der Waals surface area contributed by atoms with E-state index >= 15 is 0 Å². The van der Waals surface area contributed by atoms with E-state index in [-0.39, 0.29) is 0 Å². The number of nitrogens with one attached hydrogen (secondary N) is 3. The normalized spacial score (nSPS) is 12.5. The van der Waals surface area contributed by atoms with Crippen LogP contribution in [0.5, 0.6) is 0 Å². The second-order valence-electron chi connectivity index (χ2n) is 5.93. The Bertz CT molecular complexity index is 606. The number of hydrogen-bond donors (Lipinski definition) is 3. The van der Waals surface area contributed by atoms with Crippen LogP contribution in [-0.2, 0) is 19.3 Å². The van der Waals surface area contributed by atoms with Crippen molar-refractivity contribution in [3.63, 3.8) is 0 Å². The van der Waals surface area contributed by atoms with Gasteiger partial charge < -0.3 is 15.0 Å². The summed E-state index contributed by atoms with van der Waals surface area (Å²) in [5, 5.41) is 0. The predicted molar refractivity (Wildman–Crippen MR) is 90.5 cm³/mol. The molecule has 3 aromatic heterocycles. The molecule has 0 saturated carbocycles. The second-order valence-corrected chi connectivity index (χ2v) is 5.93. The molecule has 0 saturated heterocycles. The molecule has 0 fully saturated rings. The van der Waals surface area contributed by atoms with Crippen LogP contribution in [0, 0.1) is 12.3 Å². The molecule has 0 aliphatic heterocycles. The standard InChI is InChI=1S/C19H24N3/c1(4-17-8-11-20-14-17)3-16(13-19-5-2-10-22-19)6-7-18-9-12-21-15-18/h2,5-6,8-12,14-16,20-22H,1,3-4,7,13H2. The predicted octanol–water partition coefficient (Wildman–Crippen LogP) is 4.30. The van der Waals surface area contributed by atoms with Crippen LogP contribution in [0.2, 0.25) is 0 Å². The molecule has 0 aromatic carbocycles. The van der Waals surface area contributed by atoms with E-state index in [0.717, 1.165) is 19.3 Å². The maximum Gasteiger partial charge on any atom is 0.0150 e. The summed E-state index contributed by atoms with van der Waals surface area (Å²) in [7, 11) is 0. The zero-order valence-electron chi connectivity index (χ0n) is 12.9. The Kier molecular flexibility index (Phi) is 5.19. The fourth-order valence-electron chi connectivity index (χ4n) is 2.95. The fraction of sp³-hybridized carbons (Fsp3) is 0.316. The van der Waals surface area contributed by atoms with Gasteiger partial charge in [-0.1, -0.05) is 0 Å². The van der Waals surface area contributed by atoms with Gasteiger partial charge in [0.2, 0.25) is 0 Å². The summed E-state index contributed by atoms with van der Waals surface area (Å²) in [6.07, 6.45) is 18.4. The Morgan fingerprint density at radius 3 is 2.45 bits per heavy atom. The highest BCUT2D eigenvalue weighted by Gasteiger charge is 2.11. The molecule has 1 unspecified atom stereocenters. The smallest absolute Gasteiger partial charge is 0.0150 e. The average molecular weight is 294 g/mol. The summed E-state index contributed by atoms with van der Waals surface area (Å²) in [6.45, 7) is 0. The zero-order valence-corrected chi connectivity index (χ0v) is 12.9. The fourth-order valence-corrected chi connectivity index (χ4v) is 2.95. The van der Waals surface area contributed by atoms with E-state index in [0.29, 0.717) is 5.92 Å². The molecule has 1 radical (unpaired) electrons. The second kappa shape index (κ2) is 7.74. The van der Waals surface area contributed by atoms with Crippen LogP contribution in [0.25, 0.3) is 0 Å². The van der Waals surface area contributed by atoms with Gasteiger partial charge in [-0.3, -0.25) is 0 Å². The number of rotatable bonds is 9. The third-order valence-electron chi connectivity index (χ3n) is 4.20. The third kappa shape index (κ3) is 4.42. The van der Waals surface area contributed by atoms with Gasteiger partial charge in [-0.05, 0) is 79.8 Å². The molecule has 3 aromatic rings. The molecular weight excluding hydrogens is 270 g/mol. The highest BCUT2D eigenvalue weighted by molar-refractivity contribution is 5.13. The lowest BCUT2D eigenvalue weighted by Crippen LogP contribution is -2.08. The van der Waals surface area contributed by atoms with Crippen molar-refractivity contribution in [2.24, 2.45) is 5.92 Å². The lowest BCUT2D eigenvalue weighted by atomic mass is 9.90. The van der Waals surface area contributed by atoms with Gasteiger partial charge in [0, 0.05) is 36.7 Å². The van der Waals surface area contributed by atoms with E-state index in [4.69, 9.17) is 0 Å². The summed E-state index contributed by atoms with van der Waals surface area (Å²) in [6, 6.07) is 8.59. The molecule has 3 heteroatoms. The Labute approximate surface area is 132 Å². The summed E-state index contributed by atoms with van der Waals surface area (Å²) in [5.74, 6) is 0.618. The minimum absolute atomic E-state index is 0.618. The minimum atomic E-state index is 0.618. The molecule has 0 bridgehead atoms. The van der Waals surface area contributed by atoms with Crippen LogP contribution in [0.1, 0.15) is 29.7 Å². The molecule has 0 aliphatic rings. The summed E-state index contributed by atoms with van der Waals surface area (Å²) in [5.41, 5.74) is 4.10. The number of aryl methyl sites for hydroxylation is 1. The molecule has 0 amide bonds. The molecular formula is C19H24N3. The summed E-state index contributed by atoms with van der Waals surface area (Å²) < 4.78 is 0. The number of aromatic nitrogens is 3. The monoisotopic (exact) mass is 294 g/mol. The first kappa shape index (κ1) is 14.8. The van der Waals surface area contributed by atoms with Crippen LogP contribution in [0.3, 0.4) is 0 Å². The van der Waals surface area contributed by atoms with Crippen molar-refractivity contribution in [3.8, 4) is 0 Å². The molecule has 1 atom stereocenters. The summed E-state index contributed by atoms with van der Waals surface area (Å²) in [4.78, 5) is 9.60. The first-order valence-electron chi connectivity index (χ1n) is 8.09. The first-order valence-corrected chi connectivity index (χ1v) is 8.09. The van der Waals surface area contributed by atoms with Crippen molar-refractivity contribution < 1.29 is 0 Å². The van der Waals surface area contributed by atoms with Crippen molar-refractivity contribution >= 4 is 0 Å². The highest BCUT2D eigenvalue weighted by Crippen LogP contribution is 2.20. The Balaban J connectivity index is 1.50. The van der Waals surface area contributed by atoms with Gasteiger partial charge in [0.05, 0.1) is 0 Å². The van der Waals surface area contributed by atoms with Crippen molar-refractivity contribution in [2.75, 3.05) is 0 Å². The van der Waals surface area contributed by atoms with E-state index in [2.05, 4.69) is 58.0 Å². The van der Waals surface area contributed by atoms with Crippen molar-refractivity contribution in [1.29, 1.82) is 0 Å². The van der Waals surface area contributed by atoms with Crippen LogP contribution in [0.15, 0.2) is 55.2 Å². The molecule has 0 spiro atoms. The molecule has 3 heterocycles. The molecule has 3 nitrogen and oxygen atoms in total. The maximum absolute atomic E-state index is 3.33. The van der Waals surface area contributed by atoms with Crippen LogP contribution in [0.4, 0.5) is 0 Å². The zero-order chi connectivity index (χ0) is 15.0. The molecule has 3 rings (SSSR count). The third-order valence-corrected chi connectivity index (χ3v) is 4.20. The van der Waals surface area contributed by atoms with E-state index in [9.17, 15) is 0 Å². The quantitative estimate of drug-likeness (QED) is 0.527. The Morgan fingerprint density at radius 1 is 0.955 bits per heavy atom. The maximum atomic E-state index is 3.33. The summed E-state index contributed by atoms with van der Waals surface area (Å²) >= 11 is 0. The molecule has 115 valence electrons. The van der Waals surface area contributed by atoms with Crippen molar-refractivity contribution in [2.45, 2.75) is 32.1 Å². The van der Waals surface area contributed by atoms with Crippen molar-refractivity contribution in [3.05, 3.63) is 78.5 Å². The van der Waals surface area contributed by atoms with Gasteiger partial charge in [0.1, 0.15) is 0 Å². The van der Waals surface area contributed by atoms with E-state index in [1.807, 2.05) is 18.6 Å². The van der Waals surface area contributed by atoms with E-state index in [1.54, 1.807) is 0 Å². The van der Waals surface area contributed by atoms with Crippen molar-refractivity contribution in [1.82, 2.24) is 15.0 Å². The van der Waals surface area contributed by atoms with Gasteiger partial charge in [-0.15, -0.1) is 0 Å². The lowest BCUT2D eigenvalue weighted by Gasteiger charge is -2.15. The number of H-pyrrole nitrogens is 3. The van der Waals surface area contributed by atoms with Gasteiger partial charge in [0.25, 0.3) is 0 Å². The van der Waals surface area contributed by atoms with Gasteiger partial charge in [-0.2, -0.15) is 0 Å². The lowest BCUT2D eigenvalue weighted by molar-refractivity contribution is 0.512. The van der Waals surface area contributed by atoms with Crippen LogP contribution >= 0.6 is 0 Å². The Morgan fingerprint density at radius 2 is 1.77 bits per heavy atom. The van der Waals surface area contributed by atoms with Crippen LogP contribution in [-0.4, -0.2) is 15.0 Å². The number of hydrogen-bond acceptors (Lipinski definition) is 0. The van der Waals surface area contributed by atoms with E-state index < -0.39 is 0 Å². The Hall–Kier alpha value is -2.16.